The summed E-state index contributed by atoms with van der Waals surface area (Å²) in [5.41, 5.74) is 9.40. The molecule has 2 aromatic heterocycles. The maximum atomic E-state index is 2.46. The van der Waals surface area contributed by atoms with Crippen molar-refractivity contribution in [1.29, 1.82) is 0 Å². The second-order valence-corrected chi connectivity index (χ2v) is 14.8. The summed E-state index contributed by atoms with van der Waals surface area (Å²) in [6, 6.07) is 70.9. The van der Waals surface area contributed by atoms with Crippen LogP contribution in [0.15, 0.2) is 194 Å². The number of aromatic nitrogens is 1. The lowest BCUT2D eigenvalue weighted by Gasteiger charge is -2.26. The van der Waals surface area contributed by atoms with Crippen LogP contribution in [0.4, 0.5) is 17.1 Å². The normalized spacial score (nSPS) is 11.8. The van der Waals surface area contributed by atoms with Crippen LogP contribution in [0.1, 0.15) is 0 Å². The maximum Gasteiger partial charge on any atom is 0.0640 e. The Morgan fingerprint density at radius 1 is 0.396 bits per heavy atom. The van der Waals surface area contributed by atoms with Crippen LogP contribution in [0.3, 0.4) is 0 Å². The predicted molar refractivity (Wildman–Crippen MR) is 229 cm³/mol. The van der Waals surface area contributed by atoms with Gasteiger partial charge in [0.25, 0.3) is 0 Å². The molecule has 0 radical (unpaired) electrons. The molecule has 2 nitrogen and oxygen atoms in total. The Labute approximate surface area is 311 Å². The number of nitrogens with zero attached hydrogens (tertiary/aromatic N) is 2. The van der Waals surface area contributed by atoms with Gasteiger partial charge in [0.1, 0.15) is 0 Å². The molecule has 0 N–H and O–H groups in total. The minimum atomic E-state index is 1.12. The second kappa shape index (κ2) is 11.9. The molecule has 0 saturated heterocycles. The van der Waals surface area contributed by atoms with Crippen molar-refractivity contribution in [2.75, 3.05) is 4.90 Å². The van der Waals surface area contributed by atoms with Gasteiger partial charge < -0.3 is 9.47 Å². The zero-order valence-corrected chi connectivity index (χ0v) is 29.6. The molecular weight excluding hydrogens is 661 g/mol. The number of hydrogen-bond donors (Lipinski definition) is 0. The van der Waals surface area contributed by atoms with Gasteiger partial charge in [-0.25, -0.2) is 0 Å². The van der Waals surface area contributed by atoms with Gasteiger partial charge in [0.15, 0.2) is 0 Å². The third-order valence-electron chi connectivity index (χ3n) is 10.7. The van der Waals surface area contributed by atoms with Crippen LogP contribution in [-0.4, -0.2) is 4.57 Å². The van der Waals surface area contributed by atoms with Crippen LogP contribution in [0.25, 0.3) is 80.3 Å². The quantitative estimate of drug-likeness (QED) is 0.174. The average Bonchev–Trinajstić information content (AvgIpc) is 3.77. The maximum absolute atomic E-state index is 2.46. The van der Waals surface area contributed by atoms with Crippen LogP contribution in [0.2, 0.25) is 0 Å². The molecule has 0 unspecified atom stereocenters. The number of benzene rings is 9. The smallest absolute Gasteiger partial charge is 0.0640 e. The van der Waals surface area contributed by atoms with Gasteiger partial charge in [0, 0.05) is 43.3 Å². The molecule has 53 heavy (non-hydrogen) atoms. The van der Waals surface area contributed by atoms with Gasteiger partial charge in [0.2, 0.25) is 0 Å². The average molecular weight is 693 g/mol. The molecule has 11 rings (SSSR count). The third kappa shape index (κ3) is 4.78. The van der Waals surface area contributed by atoms with Crippen molar-refractivity contribution < 1.29 is 0 Å². The van der Waals surface area contributed by atoms with Crippen LogP contribution < -0.4 is 4.90 Å². The summed E-state index contributed by atoms with van der Waals surface area (Å²) in [4.78, 5) is 2.46. The first kappa shape index (κ1) is 30.0. The van der Waals surface area contributed by atoms with E-state index in [9.17, 15) is 0 Å². The summed E-state index contributed by atoms with van der Waals surface area (Å²) in [6.45, 7) is 0. The van der Waals surface area contributed by atoms with Gasteiger partial charge in [-0.05, 0) is 99.4 Å². The first-order chi connectivity index (χ1) is 26.3. The number of rotatable bonds is 5. The SMILES string of the molecule is c1ccc(-c2ccc(N(c3ccc4c(c3)c3cc5ccccc5cc3n4-c3ccccc3)c3cccc4c3sc3ccc5ccccc5c34)cc2)cc1. The van der Waals surface area contributed by atoms with Crippen LogP contribution in [-0.2, 0) is 0 Å². The Bertz CT molecular complexity index is 3160. The molecule has 0 aliphatic rings. The molecule has 0 spiro atoms. The van der Waals surface area contributed by atoms with Gasteiger partial charge >= 0.3 is 0 Å². The van der Waals surface area contributed by atoms with Crippen molar-refractivity contribution in [3.05, 3.63) is 194 Å². The van der Waals surface area contributed by atoms with Gasteiger partial charge in [-0.1, -0.05) is 127 Å². The fourth-order valence-corrected chi connectivity index (χ4v) is 9.50. The molecular formula is C50H32N2S. The predicted octanol–water partition coefficient (Wildman–Crippen LogP) is 14.6. The van der Waals surface area contributed by atoms with Crippen LogP contribution in [0, 0.1) is 0 Å². The monoisotopic (exact) mass is 692 g/mol. The summed E-state index contributed by atoms with van der Waals surface area (Å²) in [7, 11) is 0. The van der Waals surface area contributed by atoms with Crippen molar-refractivity contribution in [1.82, 2.24) is 4.57 Å². The van der Waals surface area contributed by atoms with E-state index in [2.05, 4.69) is 204 Å². The Morgan fingerprint density at radius 3 is 1.85 bits per heavy atom. The standard InChI is InChI=1S/C50H32N2S/c1-3-12-33(13-4-1)34-22-25-39(26-23-34)51(46-21-11-20-42-49-41-19-10-9-14-35(41)24-29-48(49)53-50(42)46)40-27-28-45-44(32-40)43-30-36-15-7-8-16-37(36)31-47(43)52(45)38-17-5-2-6-18-38/h1-32H. The van der Waals surface area contributed by atoms with E-state index in [1.54, 1.807) is 0 Å². The minimum absolute atomic E-state index is 1.12. The van der Waals surface area contributed by atoms with E-state index in [1.807, 2.05) is 11.3 Å². The van der Waals surface area contributed by atoms with Crippen LogP contribution in [0.5, 0.6) is 0 Å². The number of anilines is 3. The number of thiophene rings is 1. The number of fused-ring (bicyclic) bond motifs is 9. The van der Waals surface area contributed by atoms with Gasteiger partial charge in [-0.2, -0.15) is 0 Å². The summed E-state index contributed by atoms with van der Waals surface area (Å²) in [5, 5.41) is 10.2. The van der Waals surface area contributed by atoms with Crippen LogP contribution >= 0.6 is 11.3 Å². The van der Waals surface area contributed by atoms with E-state index in [4.69, 9.17) is 0 Å². The topological polar surface area (TPSA) is 8.17 Å². The Morgan fingerprint density at radius 2 is 1.04 bits per heavy atom. The van der Waals surface area contributed by atoms with Gasteiger partial charge in [-0.15, -0.1) is 11.3 Å². The molecule has 3 heteroatoms. The largest absolute Gasteiger partial charge is 0.309 e. The molecule has 11 aromatic rings. The highest BCUT2D eigenvalue weighted by Crippen LogP contribution is 2.47. The second-order valence-electron chi connectivity index (χ2n) is 13.8. The minimum Gasteiger partial charge on any atom is -0.309 e. The molecule has 0 bridgehead atoms. The molecule has 0 fully saturated rings. The lowest BCUT2D eigenvalue weighted by atomic mass is 10.0. The summed E-state index contributed by atoms with van der Waals surface area (Å²) in [6.07, 6.45) is 0. The molecule has 2 heterocycles. The van der Waals surface area contributed by atoms with Crippen molar-refractivity contribution in [2.24, 2.45) is 0 Å². The lowest BCUT2D eigenvalue weighted by Crippen LogP contribution is -2.10. The zero-order chi connectivity index (χ0) is 34.9. The van der Waals surface area contributed by atoms with E-state index in [0.717, 1.165) is 17.1 Å². The molecule has 248 valence electrons. The summed E-state index contributed by atoms with van der Waals surface area (Å²) in [5.74, 6) is 0. The molecule has 0 saturated carbocycles. The first-order valence-corrected chi connectivity index (χ1v) is 18.9. The Balaban J connectivity index is 1.19. The van der Waals surface area contributed by atoms with E-state index < -0.39 is 0 Å². The van der Waals surface area contributed by atoms with Gasteiger partial charge in [0.05, 0.1) is 21.4 Å². The van der Waals surface area contributed by atoms with Crippen molar-refractivity contribution in [3.63, 3.8) is 0 Å². The van der Waals surface area contributed by atoms with Gasteiger partial charge in [-0.3, -0.25) is 0 Å². The fraction of sp³-hybridized carbons (Fsp3) is 0. The highest BCUT2D eigenvalue weighted by Gasteiger charge is 2.21. The van der Waals surface area contributed by atoms with E-state index in [-0.39, 0.29) is 0 Å². The van der Waals surface area contributed by atoms with Crippen molar-refractivity contribution in [2.45, 2.75) is 0 Å². The number of para-hydroxylation sites is 1. The van der Waals surface area contributed by atoms with Crippen molar-refractivity contribution in [3.8, 4) is 16.8 Å². The molecule has 9 aromatic carbocycles. The highest BCUT2D eigenvalue weighted by atomic mass is 32.1. The Kier molecular flexibility index (Phi) is 6.76. The number of hydrogen-bond acceptors (Lipinski definition) is 2. The lowest BCUT2D eigenvalue weighted by molar-refractivity contribution is 1.18. The van der Waals surface area contributed by atoms with Crippen molar-refractivity contribution >= 4 is 91.9 Å². The molecule has 0 amide bonds. The van der Waals surface area contributed by atoms with E-state index in [0.29, 0.717) is 0 Å². The molecule has 0 atom stereocenters. The van der Waals surface area contributed by atoms with E-state index in [1.165, 1.54) is 80.3 Å². The third-order valence-corrected chi connectivity index (χ3v) is 11.9. The van der Waals surface area contributed by atoms with E-state index >= 15 is 0 Å². The molecule has 0 aliphatic carbocycles. The zero-order valence-electron chi connectivity index (χ0n) is 28.8. The Hall–Kier alpha value is -6.68. The fourth-order valence-electron chi connectivity index (χ4n) is 8.28. The first-order valence-electron chi connectivity index (χ1n) is 18.1. The highest BCUT2D eigenvalue weighted by molar-refractivity contribution is 7.26. The summed E-state index contributed by atoms with van der Waals surface area (Å²) < 4.78 is 5.00. The summed E-state index contributed by atoms with van der Waals surface area (Å²) >= 11 is 1.88. The molecule has 0 aliphatic heterocycles.